The first-order valence-electron chi connectivity index (χ1n) is 7.25. The number of benzene rings is 1. The van der Waals surface area contributed by atoms with Crippen molar-refractivity contribution in [1.29, 1.82) is 0 Å². The van der Waals surface area contributed by atoms with Gasteiger partial charge in [-0.15, -0.1) is 11.3 Å². The SMILES string of the molecule is Cc1c(C(=O)N2CCC(O)(C(=O)O)CC2)sc2cc(F)ccc12. The molecule has 23 heavy (non-hydrogen) atoms. The summed E-state index contributed by atoms with van der Waals surface area (Å²) in [5.74, 6) is -1.79. The Hall–Kier alpha value is -1.99. The van der Waals surface area contributed by atoms with E-state index in [-0.39, 0.29) is 37.7 Å². The number of hydrogen-bond donors (Lipinski definition) is 2. The Kier molecular flexibility index (Phi) is 3.85. The molecule has 1 amide bonds. The third-order valence-electron chi connectivity index (χ3n) is 4.37. The highest BCUT2D eigenvalue weighted by molar-refractivity contribution is 7.21. The van der Waals surface area contributed by atoms with Crippen LogP contribution in [0.4, 0.5) is 4.39 Å². The van der Waals surface area contributed by atoms with Gasteiger partial charge < -0.3 is 15.1 Å². The number of aryl methyl sites for hydroxylation is 1. The van der Waals surface area contributed by atoms with E-state index >= 15 is 0 Å². The number of aliphatic carboxylic acids is 1. The van der Waals surface area contributed by atoms with Crippen LogP contribution in [-0.4, -0.2) is 45.7 Å². The van der Waals surface area contributed by atoms with Crippen LogP contribution in [0, 0.1) is 12.7 Å². The molecule has 0 radical (unpaired) electrons. The third kappa shape index (κ3) is 2.70. The van der Waals surface area contributed by atoms with Gasteiger partial charge in [-0.1, -0.05) is 6.07 Å². The van der Waals surface area contributed by atoms with Crippen LogP contribution < -0.4 is 0 Å². The molecule has 1 saturated heterocycles. The topological polar surface area (TPSA) is 77.8 Å². The van der Waals surface area contributed by atoms with Crippen molar-refractivity contribution in [2.75, 3.05) is 13.1 Å². The molecule has 7 heteroatoms. The summed E-state index contributed by atoms with van der Waals surface area (Å²) in [6, 6.07) is 4.43. The molecule has 5 nitrogen and oxygen atoms in total. The maximum atomic E-state index is 13.3. The highest BCUT2D eigenvalue weighted by Crippen LogP contribution is 2.33. The second-order valence-electron chi connectivity index (χ2n) is 5.83. The summed E-state index contributed by atoms with van der Waals surface area (Å²) >= 11 is 1.24. The van der Waals surface area contributed by atoms with Crippen LogP contribution in [0.3, 0.4) is 0 Å². The number of hydrogen-bond acceptors (Lipinski definition) is 4. The van der Waals surface area contributed by atoms with Gasteiger partial charge in [0, 0.05) is 30.6 Å². The average Bonchev–Trinajstić information content (AvgIpc) is 2.83. The molecule has 0 saturated carbocycles. The highest BCUT2D eigenvalue weighted by Gasteiger charge is 2.40. The van der Waals surface area contributed by atoms with E-state index in [1.807, 2.05) is 6.92 Å². The summed E-state index contributed by atoms with van der Waals surface area (Å²) in [6.07, 6.45) is 0.0132. The summed E-state index contributed by atoms with van der Waals surface area (Å²) in [6.45, 7) is 2.19. The first-order chi connectivity index (χ1) is 10.8. The number of rotatable bonds is 2. The van der Waals surface area contributed by atoms with Gasteiger partial charge >= 0.3 is 5.97 Å². The first-order valence-corrected chi connectivity index (χ1v) is 8.07. The molecule has 1 aliphatic rings. The summed E-state index contributed by atoms with van der Waals surface area (Å²) in [4.78, 5) is 25.8. The molecule has 0 bridgehead atoms. The van der Waals surface area contributed by atoms with Crippen LogP contribution in [-0.2, 0) is 4.79 Å². The van der Waals surface area contributed by atoms with Crippen molar-refractivity contribution in [3.63, 3.8) is 0 Å². The van der Waals surface area contributed by atoms with E-state index in [2.05, 4.69) is 0 Å². The standard InChI is InChI=1S/C16H16FNO4S/c1-9-11-3-2-10(17)8-12(11)23-13(9)14(19)18-6-4-16(22,5-7-18)15(20)21/h2-3,8,22H,4-7H2,1H3,(H,20,21). The number of fused-ring (bicyclic) bond motifs is 1. The van der Waals surface area contributed by atoms with Crippen LogP contribution in [0.25, 0.3) is 10.1 Å². The van der Waals surface area contributed by atoms with Gasteiger partial charge in [0.15, 0.2) is 5.60 Å². The van der Waals surface area contributed by atoms with Gasteiger partial charge in [0.25, 0.3) is 5.91 Å². The Morgan fingerprint density at radius 2 is 1.96 bits per heavy atom. The van der Waals surface area contributed by atoms with Crippen LogP contribution in [0.5, 0.6) is 0 Å². The van der Waals surface area contributed by atoms with Gasteiger partial charge in [-0.2, -0.15) is 0 Å². The second-order valence-corrected chi connectivity index (χ2v) is 6.88. The Balaban J connectivity index is 1.85. The van der Waals surface area contributed by atoms with Crippen molar-refractivity contribution in [3.05, 3.63) is 34.5 Å². The molecular weight excluding hydrogens is 321 g/mol. The predicted molar refractivity (Wildman–Crippen MR) is 84.2 cm³/mol. The Morgan fingerprint density at radius 1 is 1.30 bits per heavy atom. The minimum atomic E-state index is -1.75. The monoisotopic (exact) mass is 337 g/mol. The van der Waals surface area contributed by atoms with E-state index in [9.17, 15) is 19.1 Å². The summed E-state index contributed by atoms with van der Waals surface area (Å²) < 4.78 is 14.0. The van der Waals surface area contributed by atoms with Gasteiger partial charge in [0.05, 0.1) is 4.88 Å². The molecule has 1 aromatic heterocycles. The summed E-state index contributed by atoms with van der Waals surface area (Å²) in [5, 5.41) is 19.8. The maximum absolute atomic E-state index is 13.3. The largest absolute Gasteiger partial charge is 0.479 e. The molecule has 3 rings (SSSR count). The van der Waals surface area contributed by atoms with Crippen LogP contribution in [0.15, 0.2) is 18.2 Å². The number of halogens is 1. The van der Waals surface area contributed by atoms with E-state index in [0.29, 0.717) is 9.58 Å². The predicted octanol–water partition coefficient (Wildman–Crippen LogP) is 2.40. The minimum absolute atomic E-state index is 0.00659. The molecular formula is C16H16FNO4S. The van der Waals surface area contributed by atoms with E-state index in [1.165, 1.54) is 23.5 Å². The van der Waals surface area contributed by atoms with Gasteiger partial charge in [-0.3, -0.25) is 4.79 Å². The lowest BCUT2D eigenvalue weighted by molar-refractivity contribution is -0.162. The number of likely N-dealkylation sites (tertiary alicyclic amines) is 1. The lowest BCUT2D eigenvalue weighted by Gasteiger charge is -2.35. The lowest BCUT2D eigenvalue weighted by Crippen LogP contribution is -2.50. The van der Waals surface area contributed by atoms with Crippen LogP contribution in [0.2, 0.25) is 0 Å². The number of amides is 1. The number of thiophene rings is 1. The van der Waals surface area contributed by atoms with Crippen molar-refractivity contribution >= 4 is 33.3 Å². The Labute approximate surface area is 136 Å². The third-order valence-corrected chi connectivity index (χ3v) is 5.61. The summed E-state index contributed by atoms with van der Waals surface area (Å²) in [7, 11) is 0. The number of carbonyl (C=O) groups excluding carboxylic acids is 1. The maximum Gasteiger partial charge on any atom is 0.335 e. The molecule has 0 spiro atoms. The van der Waals surface area contributed by atoms with Gasteiger partial charge in [0.1, 0.15) is 5.82 Å². The van der Waals surface area contributed by atoms with Crippen molar-refractivity contribution in [1.82, 2.24) is 4.90 Å². The zero-order chi connectivity index (χ0) is 16.8. The normalized spacial score (nSPS) is 17.4. The molecule has 1 aliphatic heterocycles. The number of carboxylic acid groups (broad SMARTS) is 1. The number of carboxylic acids is 1. The van der Waals surface area contributed by atoms with Crippen molar-refractivity contribution in [2.45, 2.75) is 25.4 Å². The smallest absolute Gasteiger partial charge is 0.335 e. The van der Waals surface area contributed by atoms with Crippen molar-refractivity contribution < 1.29 is 24.2 Å². The zero-order valence-corrected chi connectivity index (χ0v) is 13.3. The fraction of sp³-hybridized carbons (Fsp3) is 0.375. The van der Waals surface area contributed by atoms with Crippen LogP contribution >= 0.6 is 11.3 Å². The fourth-order valence-corrected chi connectivity index (χ4v) is 4.04. The molecule has 0 aliphatic carbocycles. The van der Waals surface area contributed by atoms with E-state index in [4.69, 9.17) is 5.11 Å². The number of nitrogens with zero attached hydrogens (tertiary/aromatic N) is 1. The number of carbonyl (C=O) groups is 2. The van der Waals surface area contributed by atoms with Crippen molar-refractivity contribution in [2.24, 2.45) is 0 Å². The average molecular weight is 337 g/mol. The number of aliphatic hydroxyl groups is 1. The summed E-state index contributed by atoms with van der Waals surface area (Å²) in [5.41, 5.74) is -0.955. The molecule has 2 heterocycles. The molecule has 0 unspecified atom stereocenters. The molecule has 2 aromatic rings. The van der Waals surface area contributed by atoms with E-state index < -0.39 is 11.6 Å². The molecule has 1 aromatic carbocycles. The van der Waals surface area contributed by atoms with Gasteiger partial charge in [-0.05, 0) is 30.0 Å². The minimum Gasteiger partial charge on any atom is -0.479 e. The van der Waals surface area contributed by atoms with Gasteiger partial charge in [0.2, 0.25) is 0 Å². The van der Waals surface area contributed by atoms with Crippen LogP contribution in [0.1, 0.15) is 28.1 Å². The van der Waals surface area contributed by atoms with E-state index in [1.54, 1.807) is 11.0 Å². The Bertz CT molecular complexity index is 793. The molecule has 2 N–H and O–H groups in total. The highest BCUT2D eigenvalue weighted by atomic mass is 32.1. The quantitative estimate of drug-likeness (QED) is 0.882. The molecule has 0 atom stereocenters. The van der Waals surface area contributed by atoms with Crippen molar-refractivity contribution in [3.8, 4) is 0 Å². The van der Waals surface area contributed by atoms with E-state index in [0.717, 1.165) is 10.9 Å². The van der Waals surface area contributed by atoms with Gasteiger partial charge in [-0.25, -0.2) is 9.18 Å². The lowest BCUT2D eigenvalue weighted by atomic mass is 9.91. The number of piperidine rings is 1. The molecule has 1 fully saturated rings. The second kappa shape index (κ2) is 5.58. The Morgan fingerprint density at radius 3 is 2.57 bits per heavy atom. The zero-order valence-electron chi connectivity index (χ0n) is 12.5. The fourth-order valence-electron chi connectivity index (χ4n) is 2.84. The molecule has 122 valence electrons. The first kappa shape index (κ1) is 15.9.